The number of aliphatic hydroxyl groups excluding tert-OH is 1. The van der Waals surface area contributed by atoms with Crippen LogP contribution in [-0.2, 0) is 13.3 Å². The molecule has 0 bridgehead atoms. The first-order valence-electron chi connectivity index (χ1n) is 9.65. The molecular formula is C22H32O4Si3. The standard InChI is InChI=1S/C22H32O4Si3/c1-24-27(4,20-23)16-18-29(21-12-8-6-9-13-21,22-14-10-7-11-15-22)19-17-28(5,25-2)26-3/h6-19,23H,20H2,1-5H3. The average molecular weight is 445 g/mol. The predicted molar refractivity (Wildman–Crippen MR) is 128 cm³/mol. The molecule has 0 heterocycles. The van der Waals surface area contributed by atoms with Gasteiger partial charge in [-0.2, -0.15) is 0 Å². The summed E-state index contributed by atoms with van der Waals surface area (Å²) in [5.74, 6) is 0. The molecule has 1 atom stereocenters. The molecule has 0 fully saturated rings. The van der Waals surface area contributed by atoms with Gasteiger partial charge in [0.15, 0.2) is 8.07 Å². The van der Waals surface area contributed by atoms with E-state index in [1.54, 1.807) is 21.3 Å². The third-order valence-corrected chi connectivity index (χ3v) is 14.9. The predicted octanol–water partition coefficient (Wildman–Crippen LogP) is 2.64. The van der Waals surface area contributed by atoms with E-state index in [0.717, 1.165) is 0 Å². The summed E-state index contributed by atoms with van der Waals surface area (Å²) in [7, 11) is -2.15. The average Bonchev–Trinajstić information content (AvgIpc) is 2.80. The van der Waals surface area contributed by atoms with Crippen LogP contribution in [0.4, 0.5) is 0 Å². The van der Waals surface area contributed by atoms with Gasteiger partial charge in [0, 0.05) is 21.3 Å². The van der Waals surface area contributed by atoms with Crippen LogP contribution in [0.25, 0.3) is 0 Å². The van der Waals surface area contributed by atoms with Crippen molar-refractivity contribution in [3.63, 3.8) is 0 Å². The Morgan fingerprint density at radius 1 is 0.690 bits per heavy atom. The highest BCUT2D eigenvalue weighted by Crippen LogP contribution is 2.16. The molecule has 0 aromatic heterocycles. The number of rotatable bonds is 10. The van der Waals surface area contributed by atoms with Gasteiger partial charge in [-0.25, -0.2) is 0 Å². The lowest BCUT2D eigenvalue weighted by Crippen LogP contribution is -2.57. The Labute approximate surface area is 177 Å². The van der Waals surface area contributed by atoms with Gasteiger partial charge in [-0.05, 0) is 29.2 Å². The van der Waals surface area contributed by atoms with Crippen LogP contribution in [0.1, 0.15) is 0 Å². The fourth-order valence-corrected chi connectivity index (χ4v) is 11.3. The van der Waals surface area contributed by atoms with Crippen LogP contribution in [0.15, 0.2) is 83.5 Å². The van der Waals surface area contributed by atoms with E-state index in [1.807, 2.05) is 25.2 Å². The number of aliphatic hydroxyl groups is 1. The van der Waals surface area contributed by atoms with Crippen molar-refractivity contribution >= 4 is 35.3 Å². The zero-order valence-corrected chi connectivity index (χ0v) is 21.0. The van der Waals surface area contributed by atoms with Gasteiger partial charge in [0.25, 0.3) is 0 Å². The van der Waals surface area contributed by atoms with Crippen molar-refractivity contribution in [3.8, 4) is 0 Å². The quantitative estimate of drug-likeness (QED) is 0.572. The molecule has 4 nitrogen and oxygen atoms in total. The second kappa shape index (κ2) is 10.4. The van der Waals surface area contributed by atoms with Crippen LogP contribution in [-0.4, -0.2) is 57.6 Å². The maximum Gasteiger partial charge on any atom is 0.360 e. The fraction of sp³-hybridized carbons (Fsp3) is 0.273. The number of benzene rings is 2. The lowest BCUT2D eigenvalue weighted by molar-refractivity contribution is 0.264. The summed E-state index contributed by atoms with van der Waals surface area (Å²) in [6, 6.07) is 21.1. The van der Waals surface area contributed by atoms with E-state index in [4.69, 9.17) is 13.3 Å². The highest BCUT2D eigenvalue weighted by atomic mass is 28.4. The third-order valence-electron chi connectivity index (χ3n) is 5.44. The highest BCUT2D eigenvalue weighted by molar-refractivity contribution is 7.10. The summed E-state index contributed by atoms with van der Waals surface area (Å²) in [4.78, 5) is 0. The zero-order chi connectivity index (χ0) is 21.4. The Hall–Kier alpha value is -1.59. The molecule has 0 aliphatic heterocycles. The van der Waals surface area contributed by atoms with E-state index in [1.165, 1.54) is 10.4 Å². The van der Waals surface area contributed by atoms with Crippen molar-refractivity contribution in [2.24, 2.45) is 0 Å². The van der Waals surface area contributed by atoms with E-state index in [0.29, 0.717) is 0 Å². The van der Waals surface area contributed by atoms with Gasteiger partial charge in [-0.15, -0.1) is 0 Å². The highest BCUT2D eigenvalue weighted by Gasteiger charge is 2.36. The normalized spacial score (nSPS) is 15.1. The molecule has 0 saturated carbocycles. The molecule has 0 saturated heterocycles. The summed E-state index contributed by atoms with van der Waals surface area (Å²) >= 11 is 0. The Morgan fingerprint density at radius 2 is 1.14 bits per heavy atom. The maximum atomic E-state index is 9.91. The van der Waals surface area contributed by atoms with Gasteiger partial charge >= 0.3 is 8.56 Å². The van der Waals surface area contributed by atoms with Crippen molar-refractivity contribution in [1.29, 1.82) is 0 Å². The van der Waals surface area contributed by atoms with E-state index in [2.05, 4.69) is 71.3 Å². The Kier molecular flexibility index (Phi) is 8.53. The van der Waals surface area contributed by atoms with E-state index in [-0.39, 0.29) is 6.23 Å². The van der Waals surface area contributed by atoms with E-state index < -0.39 is 25.0 Å². The Balaban J connectivity index is 2.76. The second-order valence-electron chi connectivity index (χ2n) is 7.37. The zero-order valence-electron chi connectivity index (χ0n) is 18.0. The summed E-state index contributed by atoms with van der Waals surface area (Å²) in [6.45, 7) is 4.05. The molecular weight excluding hydrogens is 412 g/mol. The largest absolute Gasteiger partial charge is 0.414 e. The first kappa shape index (κ1) is 23.7. The molecule has 0 aliphatic carbocycles. The van der Waals surface area contributed by atoms with Crippen LogP contribution in [0, 0.1) is 0 Å². The molecule has 2 rings (SSSR count). The van der Waals surface area contributed by atoms with Crippen LogP contribution in [0.2, 0.25) is 13.1 Å². The summed E-state index contributed by atoms with van der Waals surface area (Å²) in [6.07, 6.45) is 0.0420. The minimum Gasteiger partial charge on any atom is -0.414 e. The summed E-state index contributed by atoms with van der Waals surface area (Å²) < 4.78 is 17.1. The molecule has 0 aliphatic rings. The van der Waals surface area contributed by atoms with Gasteiger partial charge in [0.1, 0.15) is 0 Å². The lowest BCUT2D eigenvalue weighted by Gasteiger charge is -2.30. The summed E-state index contributed by atoms with van der Waals surface area (Å²) in [5, 5.41) is 12.4. The Bertz CT molecular complexity index is 732. The molecule has 2 aromatic carbocycles. The maximum absolute atomic E-state index is 9.91. The molecule has 1 unspecified atom stereocenters. The van der Waals surface area contributed by atoms with Crippen LogP contribution in [0.5, 0.6) is 0 Å². The van der Waals surface area contributed by atoms with Gasteiger partial charge in [-0.1, -0.05) is 77.8 Å². The second-order valence-corrected chi connectivity index (χ2v) is 17.8. The van der Waals surface area contributed by atoms with Gasteiger partial charge < -0.3 is 18.4 Å². The van der Waals surface area contributed by atoms with Crippen molar-refractivity contribution in [2.75, 3.05) is 27.6 Å². The molecule has 0 spiro atoms. The van der Waals surface area contributed by atoms with E-state index >= 15 is 0 Å². The minimum atomic E-state index is -2.48. The SMILES string of the molecule is CO[Si](C)(C=C[Si](C=C[Si](C)(OC)OC)(c1ccccc1)c1ccccc1)CO. The van der Waals surface area contributed by atoms with Crippen LogP contribution in [0.3, 0.4) is 0 Å². The lowest BCUT2D eigenvalue weighted by atomic mass is 10.4. The van der Waals surface area contributed by atoms with Crippen molar-refractivity contribution in [3.05, 3.63) is 83.5 Å². The molecule has 0 amide bonds. The fourth-order valence-electron chi connectivity index (χ4n) is 3.03. The van der Waals surface area contributed by atoms with E-state index in [9.17, 15) is 5.11 Å². The van der Waals surface area contributed by atoms with Gasteiger partial charge in [0.05, 0.1) is 6.23 Å². The first-order chi connectivity index (χ1) is 13.9. The van der Waals surface area contributed by atoms with Gasteiger partial charge in [0.2, 0.25) is 8.32 Å². The van der Waals surface area contributed by atoms with Crippen LogP contribution >= 0.6 is 0 Å². The molecule has 156 valence electrons. The number of hydrogen-bond donors (Lipinski definition) is 1. The minimum absolute atomic E-state index is 0.0420. The van der Waals surface area contributed by atoms with Crippen LogP contribution < -0.4 is 10.4 Å². The van der Waals surface area contributed by atoms with Crippen molar-refractivity contribution in [1.82, 2.24) is 0 Å². The van der Waals surface area contributed by atoms with Crippen molar-refractivity contribution < 1.29 is 18.4 Å². The third kappa shape index (κ3) is 5.73. The monoisotopic (exact) mass is 444 g/mol. The number of hydrogen-bond acceptors (Lipinski definition) is 4. The molecule has 1 N–H and O–H groups in total. The summed E-state index contributed by atoms with van der Waals surface area (Å²) in [5.41, 5.74) is 8.85. The Morgan fingerprint density at radius 3 is 1.52 bits per heavy atom. The molecule has 7 heteroatoms. The molecule has 29 heavy (non-hydrogen) atoms. The first-order valence-corrected chi connectivity index (χ1v) is 16.9. The molecule has 2 aromatic rings. The topological polar surface area (TPSA) is 47.9 Å². The molecule has 0 radical (unpaired) electrons. The van der Waals surface area contributed by atoms with Crippen molar-refractivity contribution in [2.45, 2.75) is 13.1 Å². The van der Waals surface area contributed by atoms with Gasteiger partial charge in [-0.3, -0.25) is 0 Å². The smallest absolute Gasteiger partial charge is 0.360 e.